The number of esters is 1. The van der Waals surface area contributed by atoms with Gasteiger partial charge in [-0.3, -0.25) is 9.59 Å². The maximum absolute atomic E-state index is 12.6. The molecule has 0 heterocycles. The Hall–Kier alpha value is -2.24. The number of ether oxygens (including phenoxy) is 2. The third kappa shape index (κ3) is 4.87. The van der Waals surface area contributed by atoms with Gasteiger partial charge in [0, 0.05) is 5.56 Å². The van der Waals surface area contributed by atoms with Gasteiger partial charge in [0.2, 0.25) is 5.78 Å². The van der Waals surface area contributed by atoms with Crippen molar-refractivity contribution in [1.82, 2.24) is 0 Å². The molecule has 0 fully saturated rings. The maximum atomic E-state index is 12.6. The van der Waals surface area contributed by atoms with E-state index < -0.39 is 23.7 Å². The van der Waals surface area contributed by atoms with E-state index in [2.05, 4.69) is 9.47 Å². The van der Waals surface area contributed by atoms with Crippen LogP contribution < -0.4 is 0 Å². The summed E-state index contributed by atoms with van der Waals surface area (Å²) in [5.74, 6) is -2.29. The lowest BCUT2D eigenvalue weighted by molar-refractivity contribution is -0.155. The molecule has 1 aromatic carbocycles. The molecule has 0 saturated carbocycles. The zero-order valence-electron chi connectivity index (χ0n) is 10.9. The van der Waals surface area contributed by atoms with Crippen LogP contribution in [0.3, 0.4) is 0 Å². The highest BCUT2D eigenvalue weighted by molar-refractivity contribution is 6.11. The van der Waals surface area contributed by atoms with Crippen molar-refractivity contribution in [3.8, 4) is 0 Å². The van der Waals surface area contributed by atoms with Gasteiger partial charge in [0.25, 0.3) is 12.6 Å². The molecule has 6 heteroatoms. The monoisotopic (exact) mass is 270 g/mol. The number of Topliss-reactive ketones (excluding diaryl/α,β-unsaturated/α-hetero) is 1. The first kappa shape index (κ1) is 16.8. The lowest BCUT2D eigenvalue weighted by Crippen LogP contribution is -2.33. The summed E-state index contributed by atoms with van der Waals surface area (Å²) in [4.78, 5) is 33.1. The number of hydrogen-bond donors (Lipinski definition) is 0. The topological polar surface area (TPSA) is 69.7 Å². The fraction of sp³-hybridized carbons (Fsp3) is 0.308. The normalized spacial score (nSPS) is 10.5. The first-order chi connectivity index (χ1) is 9.10. The van der Waals surface area contributed by atoms with E-state index in [-0.39, 0.29) is 12.0 Å². The minimum atomic E-state index is -1.66. The van der Waals surface area contributed by atoms with Gasteiger partial charge in [-0.1, -0.05) is 13.8 Å². The van der Waals surface area contributed by atoms with E-state index in [1.807, 2.05) is 13.8 Å². The van der Waals surface area contributed by atoms with Gasteiger partial charge in [-0.15, -0.1) is 0 Å². The van der Waals surface area contributed by atoms with Crippen molar-refractivity contribution in [3.05, 3.63) is 35.6 Å². The molecule has 5 nitrogen and oxygen atoms in total. The lowest BCUT2D eigenvalue weighted by atomic mass is 10.1. The first-order valence-corrected chi connectivity index (χ1v) is 5.57. The minimum absolute atomic E-state index is 0.0248. The molecule has 0 amide bonds. The van der Waals surface area contributed by atoms with Crippen molar-refractivity contribution in [1.29, 1.82) is 0 Å². The van der Waals surface area contributed by atoms with Gasteiger partial charge in [0.1, 0.15) is 5.82 Å². The lowest BCUT2D eigenvalue weighted by Gasteiger charge is -2.11. The average molecular weight is 270 g/mol. The fourth-order valence-corrected chi connectivity index (χ4v) is 1.15. The molecule has 0 spiro atoms. The Morgan fingerprint density at radius 3 is 2.16 bits per heavy atom. The summed E-state index contributed by atoms with van der Waals surface area (Å²) in [6.45, 7) is 3.98. The van der Waals surface area contributed by atoms with Crippen molar-refractivity contribution < 1.29 is 28.2 Å². The largest absolute Gasteiger partial charge is 0.466 e. The summed E-state index contributed by atoms with van der Waals surface area (Å²) in [7, 11) is 1.06. The molecule has 104 valence electrons. The van der Waals surface area contributed by atoms with Crippen molar-refractivity contribution in [3.63, 3.8) is 0 Å². The van der Waals surface area contributed by atoms with Gasteiger partial charge in [-0.25, -0.2) is 9.18 Å². The highest BCUT2D eigenvalue weighted by Gasteiger charge is 2.30. The number of ketones is 1. The summed E-state index contributed by atoms with van der Waals surface area (Å²) >= 11 is 0. The van der Waals surface area contributed by atoms with Crippen LogP contribution in [0.5, 0.6) is 0 Å². The molecule has 0 aliphatic rings. The number of benzene rings is 1. The molecule has 19 heavy (non-hydrogen) atoms. The Morgan fingerprint density at radius 1 is 1.21 bits per heavy atom. The van der Waals surface area contributed by atoms with Crippen molar-refractivity contribution in [2.75, 3.05) is 7.11 Å². The SMILES string of the molecule is CC.COC(=O)C(OC=O)C(=O)c1ccc(F)cc1. The molecular formula is C13H15FO5. The standard InChI is InChI=1S/C11H9FO5.C2H6/c1-16-11(15)10(17-6-13)9(14)7-2-4-8(12)5-3-7;1-2/h2-6,10H,1H3;1-2H3. The molecule has 0 bridgehead atoms. The smallest absolute Gasteiger partial charge is 0.355 e. The summed E-state index contributed by atoms with van der Waals surface area (Å²) < 4.78 is 21.3. The van der Waals surface area contributed by atoms with E-state index in [1.54, 1.807) is 0 Å². The molecule has 0 aromatic heterocycles. The van der Waals surface area contributed by atoms with E-state index in [4.69, 9.17) is 0 Å². The second-order valence-corrected chi connectivity index (χ2v) is 3.01. The second kappa shape index (κ2) is 8.79. The third-order valence-corrected chi connectivity index (χ3v) is 1.97. The molecule has 0 aliphatic heterocycles. The predicted octanol–water partition coefficient (Wildman–Crippen LogP) is 1.75. The Kier molecular flexibility index (Phi) is 7.76. The Morgan fingerprint density at radius 2 is 1.74 bits per heavy atom. The number of carbonyl (C=O) groups excluding carboxylic acids is 3. The molecule has 1 unspecified atom stereocenters. The summed E-state index contributed by atoms with van der Waals surface area (Å²) in [5, 5.41) is 0. The van der Waals surface area contributed by atoms with Crippen LogP contribution in [0.4, 0.5) is 4.39 Å². The Bertz CT molecular complexity index is 427. The summed E-state index contributed by atoms with van der Waals surface area (Å²) in [6.07, 6.45) is -1.66. The first-order valence-electron chi connectivity index (χ1n) is 5.57. The zero-order chi connectivity index (χ0) is 14.8. The van der Waals surface area contributed by atoms with Crippen LogP contribution in [0, 0.1) is 5.82 Å². The maximum Gasteiger partial charge on any atom is 0.355 e. The van der Waals surface area contributed by atoms with Gasteiger partial charge in [-0.2, -0.15) is 0 Å². The van der Waals surface area contributed by atoms with Crippen LogP contribution >= 0.6 is 0 Å². The van der Waals surface area contributed by atoms with Gasteiger partial charge in [-0.05, 0) is 24.3 Å². The van der Waals surface area contributed by atoms with E-state index in [0.29, 0.717) is 0 Å². The molecule has 0 aliphatic carbocycles. The Balaban J connectivity index is 0.00000154. The van der Waals surface area contributed by atoms with E-state index in [9.17, 15) is 18.8 Å². The molecule has 0 saturated heterocycles. The van der Waals surface area contributed by atoms with Gasteiger partial charge in [0.15, 0.2) is 0 Å². The van der Waals surface area contributed by atoms with Crippen LogP contribution in [0.1, 0.15) is 24.2 Å². The number of methoxy groups -OCH3 is 1. The molecular weight excluding hydrogens is 255 g/mol. The van der Waals surface area contributed by atoms with Crippen molar-refractivity contribution in [2.45, 2.75) is 20.0 Å². The van der Waals surface area contributed by atoms with Crippen molar-refractivity contribution >= 4 is 18.2 Å². The minimum Gasteiger partial charge on any atom is -0.466 e. The second-order valence-electron chi connectivity index (χ2n) is 3.01. The highest BCUT2D eigenvalue weighted by Crippen LogP contribution is 2.09. The van der Waals surface area contributed by atoms with Gasteiger partial charge < -0.3 is 9.47 Å². The van der Waals surface area contributed by atoms with Crippen LogP contribution in [-0.2, 0) is 19.1 Å². The molecule has 0 radical (unpaired) electrons. The van der Waals surface area contributed by atoms with Crippen LogP contribution in [-0.4, -0.2) is 31.4 Å². The quantitative estimate of drug-likeness (QED) is 0.353. The Labute approximate surface area is 110 Å². The average Bonchev–Trinajstić information content (AvgIpc) is 2.46. The van der Waals surface area contributed by atoms with E-state index in [0.717, 1.165) is 19.2 Å². The number of hydrogen-bond acceptors (Lipinski definition) is 5. The molecule has 0 N–H and O–H groups in total. The summed E-state index contributed by atoms with van der Waals surface area (Å²) in [5.41, 5.74) is 0.0450. The number of rotatable bonds is 5. The third-order valence-electron chi connectivity index (χ3n) is 1.97. The predicted molar refractivity (Wildman–Crippen MR) is 65.0 cm³/mol. The van der Waals surface area contributed by atoms with E-state index in [1.165, 1.54) is 12.1 Å². The van der Waals surface area contributed by atoms with Crippen LogP contribution in [0.25, 0.3) is 0 Å². The zero-order valence-corrected chi connectivity index (χ0v) is 10.9. The number of halogens is 1. The molecule has 1 atom stereocenters. The fourth-order valence-electron chi connectivity index (χ4n) is 1.15. The van der Waals surface area contributed by atoms with Crippen molar-refractivity contribution in [2.24, 2.45) is 0 Å². The summed E-state index contributed by atoms with van der Waals surface area (Å²) in [6, 6.07) is 4.48. The molecule has 1 aromatic rings. The van der Waals surface area contributed by atoms with Crippen LogP contribution in [0.2, 0.25) is 0 Å². The van der Waals surface area contributed by atoms with E-state index >= 15 is 0 Å². The highest BCUT2D eigenvalue weighted by atomic mass is 19.1. The number of carbonyl (C=O) groups is 3. The van der Waals surface area contributed by atoms with Crippen LogP contribution in [0.15, 0.2) is 24.3 Å². The molecule has 1 rings (SSSR count). The van der Waals surface area contributed by atoms with Gasteiger partial charge >= 0.3 is 5.97 Å². The van der Waals surface area contributed by atoms with Gasteiger partial charge in [0.05, 0.1) is 7.11 Å².